The average molecular weight is 109 g/mol. The molecule has 0 N–H and O–H groups in total. The van der Waals surface area contributed by atoms with Crippen LogP contribution in [0.25, 0.3) is 0 Å². The summed E-state index contributed by atoms with van der Waals surface area (Å²) in [5.74, 6) is 0.484. The lowest BCUT2D eigenvalue weighted by molar-refractivity contribution is 0.610. The molecule has 0 unspecified atom stereocenters. The van der Waals surface area contributed by atoms with Gasteiger partial charge in [0.15, 0.2) is 0 Å². The molecular weight excluding hydrogens is 98.1 g/mol. The van der Waals surface area contributed by atoms with Crippen LogP contribution in [0.2, 0.25) is 0 Å². The van der Waals surface area contributed by atoms with Crippen molar-refractivity contribution in [1.82, 2.24) is 0 Å². The van der Waals surface area contributed by atoms with E-state index in [1.807, 2.05) is 13.0 Å². The Bertz CT molecular complexity index is 99.4. The second kappa shape index (κ2) is 4.39. The first-order chi connectivity index (χ1) is 3.81. The maximum atomic E-state index is 8.18. The summed E-state index contributed by atoms with van der Waals surface area (Å²) >= 11 is 0. The number of hydrogen-bond donors (Lipinski definition) is 0. The Morgan fingerprint density at radius 3 is 2.88 bits per heavy atom. The van der Waals surface area contributed by atoms with Crippen LogP contribution in [0.3, 0.4) is 0 Å². The van der Waals surface area contributed by atoms with Crippen LogP contribution < -0.4 is 0 Å². The van der Waals surface area contributed by atoms with Gasteiger partial charge in [0.25, 0.3) is 0 Å². The molecule has 0 heterocycles. The lowest BCUT2D eigenvalue weighted by Crippen LogP contribution is -1.88. The van der Waals surface area contributed by atoms with Gasteiger partial charge in [-0.15, -0.1) is 6.58 Å². The van der Waals surface area contributed by atoms with Crippen LogP contribution in [0.5, 0.6) is 0 Å². The van der Waals surface area contributed by atoms with Crippen molar-refractivity contribution >= 4 is 0 Å². The van der Waals surface area contributed by atoms with Crippen LogP contribution in [0.4, 0.5) is 0 Å². The maximum absolute atomic E-state index is 8.18. The molecule has 0 aliphatic rings. The highest BCUT2D eigenvalue weighted by Gasteiger charge is 1.94. The van der Waals surface area contributed by atoms with Gasteiger partial charge in [0.2, 0.25) is 0 Å². The SMILES string of the molecule is C=CC[C@H](C)CC#N. The van der Waals surface area contributed by atoms with Crippen molar-refractivity contribution in [3.05, 3.63) is 12.7 Å². The molecule has 1 atom stereocenters. The summed E-state index contributed by atoms with van der Waals surface area (Å²) < 4.78 is 0. The standard InChI is InChI=1S/C7H11N/c1-3-4-7(2)5-6-8/h3,7H,1,4-5H2,2H3/t7-/m0/s1. The van der Waals surface area contributed by atoms with Crippen molar-refractivity contribution in [2.24, 2.45) is 5.92 Å². The quantitative estimate of drug-likeness (QED) is 0.509. The number of nitriles is 1. The summed E-state index contributed by atoms with van der Waals surface area (Å²) in [5.41, 5.74) is 0. The van der Waals surface area contributed by atoms with E-state index in [0.717, 1.165) is 6.42 Å². The topological polar surface area (TPSA) is 23.8 Å². The maximum Gasteiger partial charge on any atom is 0.0624 e. The van der Waals surface area contributed by atoms with Gasteiger partial charge in [-0.25, -0.2) is 0 Å². The normalized spacial score (nSPS) is 12.0. The summed E-state index contributed by atoms with van der Waals surface area (Å²) in [6.07, 6.45) is 3.45. The van der Waals surface area contributed by atoms with Crippen molar-refractivity contribution < 1.29 is 0 Å². The predicted octanol–water partition coefficient (Wildman–Crippen LogP) is 2.11. The average Bonchev–Trinajstić information content (AvgIpc) is 1.68. The van der Waals surface area contributed by atoms with E-state index in [9.17, 15) is 0 Å². The van der Waals surface area contributed by atoms with Gasteiger partial charge in [0.05, 0.1) is 6.07 Å². The first-order valence-electron chi connectivity index (χ1n) is 2.79. The van der Waals surface area contributed by atoms with E-state index in [0.29, 0.717) is 12.3 Å². The van der Waals surface area contributed by atoms with Gasteiger partial charge in [-0.2, -0.15) is 5.26 Å². The van der Waals surface area contributed by atoms with E-state index in [2.05, 4.69) is 12.6 Å². The highest BCUT2D eigenvalue weighted by molar-refractivity contribution is 4.78. The monoisotopic (exact) mass is 109 g/mol. The Labute approximate surface area is 50.6 Å². The van der Waals surface area contributed by atoms with Crippen LogP contribution in [-0.2, 0) is 0 Å². The van der Waals surface area contributed by atoms with Gasteiger partial charge in [-0.05, 0) is 12.3 Å². The summed E-state index contributed by atoms with van der Waals surface area (Å²) in [6, 6.07) is 2.10. The molecule has 0 aromatic heterocycles. The van der Waals surface area contributed by atoms with Crippen LogP contribution in [0, 0.1) is 17.2 Å². The molecule has 0 radical (unpaired) electrons. The Kier molecular flexibility index (Phi) is 3.97. The van der Waals surface area contributed by atoms with E-state index >= 15 is 0 Å². The van der Waals surface area contributed by atoms with Gasteiger partial charge >= 0.3 is 0 Å². The molecule has 1 heteroatoms. The van der Waals surface area contributed by atoms with E-state index in [1.165, 1.54) is 0 Å². The molecule has 0 amide bonds. The molecule has 0 aliphatic carbocycles. The first kappa shape index (κ1) is 7.23. The van der Waals surface area contributed by atoms with E-state index < -0.39 is 0 Å². The molecule has 0 fully saturated rings. The third-order valence-electron chi connectivity index (χ3n) is 1.01. The van der Waals surface area contributed by atoms with Crippen molar-refractivity contribution in [2.45, 2.75) is 19.8 Å². The van der Waals surface area contributed by atoms with Crippen LogP contribution in [0.15, 0.2) is 12.7 Å². The third-order valence-corrected chi connectivity index (χ3v) is 1.01. The highest BCUT2D eigenvalue weighted by Crippen LogP contribution is 2.04. The van der Waals surface area contributed by atoms with Gasteiger partial charge in [-0.1, -0.05) is 13.0 Å². The van der Waals surface area contributed by atoms with E-state index in [4.69, 9.17) is 5.26 Å². The number of nitrogens with zero attached hydrogens (tertiary/aromatic N) is 1. The summed E-state index contributed by atoms with van der Waals surface area (Å²) in [6.45, 7) is 5.62. The number of rotatable bonds is 3. The molecule has 0 rings (SSSR count). The molecule has 0 aliphatic heterocycles. The van der Waals surface area contributed by atoms with Crippen molar-refractivity contribution in [2.75, 3.05) is 0 Å². The van der Waals surface area contributed by atoms with Crippen molar-refractivity contribution in [3.63, 3.8) is 0 Å². The minimum absolute atomic E-state index is 0.484. The Balaban J connectivity index is 3.20. The Morgan fingerprint density at radius 2 is 2.50 bits per heavy atom. The zero-order chi connectivity index (χ0) is 6.41. The molecule has 8 heavy (non-hydrogen) atoms. The molecule has 0 saturated carbocycles. The van der Waals surface area contributed by atoms with E-state index in [-0.39, 0.29) is 0 Å². The molecule has 0 saturated heterocycles. The molecule has 0 aromatic rings. The van der Waals surface area contributed by atoms with Crippen molar-refractivity contribution in [1.29, 1.82) is 5.26 Å². The van der Waals surface area contributed by atoms with Crippen molar-refractivity contribution in [3.8, 4) is 6.07 Å². The Morgan fingerprint density at radius 1 is 1.88 bits per heavy atom. The first-order valence-corrected chi connectivity index (χ1v) is 2.79. The van der Waals surface area contributed by atoms with Gasteiger partial charge in [0, 0.05) is 6.42 Å². The number of hydrogen-bond acceptors (Lipinski definition) is 1. The molecule has 44 valence electrons. The molecule has 1 nitrogen and oxygen atoms in total. The second-order valence-corrected chi connectivity index (χ2v) is 1.99. The fourth-order valence-corrected chi connectivity index (χ4v) is 0.524. The third kappa shape index (κ3) is 3.42. The van der Waals surface area contributed by atoms with Gasteiger partial charge in [-0.3, -0.25) is 0 Å². The largest absolute Gasteiger partial charge is 0.198 e. The van der Waals surface area contributed by atoms with Crippen LogP contribution >= 0.6 is 0 Å². The number of allylic oxidation sites excluding steroid dienone is 1. The highest BCUT2D eigenvalue weighted by atomic mass is 14.2. The smallest absolute Gasteiger partial charge is 0.0624 e. The minimum Gasteiger partial charge on any atom is -0.198 e. The van der Waals surface area contributed by atoms with Gasteiger partial charge < -0.3 is 0 Å². The fourth-order valence-electron chi connectivity index (χ4n) is 0.524. The molecule has 0 bridgehead atoms. The molecular formula is C7H11N. The second-order valence-electron chi connectivity index (χ2n) is 1.99. The van der Waals surface area contributed by atoms with Crippen LogP contribution in [-0.4, -0.2) is 0 Å². The van der Waals surface area contributed by atoms with E-state index in [1.54, 1.807) is 0 Å². The zero-order valence-corrected chi connectivity index (χ0v) is 5.22. The molecule has 0 aromatic carbocycles. The Hall–Kier alpha value is -0.770. The predicted molar refractivity (Wildman–Crippen MR) is 34.2 cm³/mol. The lowest BCUT2D eigenvalue weighted by Gasteiger charge is -1.98. The summed E-state index contributed by atoms with van der Waals surface area (Å²) in [5, 5.41) is 8.18. The zero-order valence-electron chi connectivity index (χ0n) is 5.22. The van der Waals surface area contributed by atoms with Gasteiger partial charge in [0.1, 0.15) is 0 Å². The van der Waals surface area contributed by atoms with Crippen LogP contribution in [0.1, 0.15) is 19.8 Å². The lowest BCUT2D eigenvalue weighted by atomic mass is 10.1. The summed E-state index contributed by atoms with van der Waals surface area (Å²) in [4.78, 5) is 0. The molecule has 0 spiro atoms. The minimum atomic E-state index is 0.484. The summed E-state index contributed by atoms with van der Waals surface area (Å²) in [7, 11) is 0. The fraction of sp³-hybridized carbons (Fsp3) is 0.571.